The highest BCUT2D eigenvalue weighted by atomic mass is 35.5. The molecule has 0 heterocycles. The molecular weight excluding hydrogens is 280 g/mol. The summed E-state index contributed by atoms with van der Waals surface area (Å²) in [6.07, 6.45) is 7.16. The summed E-state index contributed by atoms with van der Waals surface area (Å²) in [7, 11) is 2.23. The fourth-order valence-corrected chi connectivity index (χ4v) is 3.51. The second kappa shape index (κ2) is 7.51. The van der Waals surface area contributed by atoms with Gasteiger partial charge in [-0.15, -0.1) is 0 Å². The predicted molar refractivity (Wildman–Crippen MR) is 93.2 cm³/mol. The van der Waals surface area contributed by atoms with E-state index in [-0.39, 0.29) is 6.04 Å². The normalized spacial score (nSPS) is 23.9. The summed E-state index contributed by atoms with van der Waals surface area (Å²) in [5.41, 5.74) is 8.76. The van der Waals surface area contributed by atoms with Gasteiger partial charge in [-0.1, -0.05) is 25.4 Å². The number of halogens is 1. The Balaban J connectivity index is 2.17. The zero-order chi connectivity index (χ0) is 15.4. The van der Waals surface area contributed by atoms with Crippen LogP contribution in [0.25, 0.3) is 0 Å². The number of nitrogens with zero attached hydrogens (tertiary/aromatic N) is 1. The molecular formula is C18H29ClN2. The molecule has 2 nitrogen and oxygen atoms in total. The third-order valence-corrected chi connectivity index (χ3v) is 5.20. The van der Waals surface area contributed by atoms with Crippen molar-refractivity contribution < 1.29 is 0 Å². The van der Waals surface area contributed by atoms with Crippen molar-refractivity contribution in [3.8, 4) is 0 Å². The zero-order valence-corrected chi connectivity index (χ0v) is 14.4. The van der Waals surface area contributed by atoms with Gasteiger partial charge in [-0.2, -0.15) is 0 Å². The molecule has 0 radical (unpaired) electrons. The zero-order valence-electron chi connectivity index (χ0n) is 13.6. The Morgan fingerprint density at radius 1 is 1.29 bits per heavy atom. The molecule has 0 amide bonds. The summed E-state index contributed by atoms with van der Waals surface area (Å²) >= 11 is 6.19. The van der Waals surface area contributed by atoms with Gasteiger partial charge in [0, 0.05) is 29.8 Å². The lowest BCUT2D eigenvalue weighted by molar-refractivity contribution is 0.340. The molecule has 118 valence electrons. The molecule has 1 saturated carbocycles. The summed E-state index contributed by atoms with van der Waals surface area (Å²) < 4.78 is 0. The van der Waals surface area contributed by atoms with Crippen molar-refractivity contribution in [3.63, 3.8) is 0 Å². The third-order valence-electron chi connectivity index (χ3n) is 4.96. The average molecular weight is 309 g/mol. The van der Waals surface area contributed by atoms with Crippen LogP contribution in [0.15, 0.2) is 18.2 Å². The Bertz CT molecular complexity index is 453. The number of anilines is 1. The van der Waals surface area contributed by atoms with Gasteiger partial charge in [-0.05, 0) is 68.2 Å². The van der Waals surface area contributed by atoms with Crippen molar-refractivity contribution in [2.45, 2.75) is 64.5 Å². The third kappa shape index (κ3) is 4.37. The molecule has 0 saturated heterocycles. The van der Waals surface area contributed by atoms with Crippen LogP contribution in [-0.2, 0) is 6.42 Å². The second-order valence-corrected chi connectivity index (χ2v) is 7.11. The molecule has 0 spiro atoms. The number of hydrogen-bond acceptors (Lipinski definition) is 2. The first-order chi connectivity index (χ1) is 10.0. The van der Waals surface area contributed by atoms with Gasteiger partial charge in [-0.25, -0.2) is 0 Å². The highest BCUT2D eigenvalue weighted by Gasteiger charge is 2.23. The highest BCUT2D eigenvalue weighted by Crippen LogP contribution is 2.32. The summed E-state index contributed by atoms with van der Waals surface area (Å²) in [5, 5.41) is 0.808. The van der Waals surface area contributed by atoms with Crippen LogP contribution in [-0.4, -0.2) is 19.1 Å². The van der Waals surface area contributed by atoms with Crippen molar-refractivity contribution in [3.05, 3.63) is 28.8 Å². The lowest BCUT2D eigenvalue weighted by Crippen LogP contribution is -2.35. The molecule has 1 aliphatic carbocycles. The SMILES string of the molecule is CCC(N)Cc1cc(Cl)ccc1N(C)C1CCC(C)CC1. The van der Waals surface area contributed by atoms with Crippen molar-refractivity contribution in [1.29, 1.82) is 0 Å². The Labute approximate surface area is 134 Å². The number of hydrogen-bond donors (Lipinski definition) is 1. The molecule has 0 aromatic heterocycles. The van der Waals surface area contributed by atoms with Crippen LogP contribution in [0.5, 0.6) is 0 Å². The van der Waals surface area contributed by atoms with Crippen LogP contribution < -0.4 is 10.6 Å². The first kappa shape index (κ1) is 16.6. The van der Waals surface area contributed by atoms with E-state index in [4.69, 9.17) is 17.3 Å². The summed E-state index contributed by atoms with van der Waals surface area (Å²) in [5.74, 6) is 0.882. The molecule has 2 rings (SSSR count). The van der Waals surface area contributed by atoms with Gasteiger partial charge in [0.1, 0.15) is 0 Å². The maximum atomic E-state index is 6.19. The monoisotopic (exact) mass is 308 g/mol. The van der Waals surface area contributed by atoms with Gasteiger partial charge < -0.3 is 10.6 Å². The molecule has 21 heavy (non-hydrogen) atoms. The molecule has 1 fully saturated rings. The Morgan fingerprint density at radius 3 is 2.57 bits per heavy atom. The molecule has 1 aromatic carbocycles. The van der Waals surface area contributed by atoms with Gasteiger partial charge in [-0.3, -0.25) is 0 Å². The molecule has 0 aliphatic heterocycles. The topological polar surface area (TPSA) is 29.3 Å². The first-order valence-electron chi connectivity index (χ1n) is 8.28. The smallest absolute Gasteiger partial charge is 0.0410 e. The molecule has 2 N–H and O–H groups in total. The minimum atomic E-state index is 0.210. The second-order valence-electron chi connectivity index (χ2n) is 6.67. The van der Waals surface area contributed by atoms with Crippen LogP contribution in [0.2, 0.25) is 5.02 Å². The Hall–Kier alpha value is -0.730. The molecule has 1 aromatic rings. The van der Waals surface area contributed by atoms with Crippen molar-refractivity contribution in [2.24, 2.45) is 11.7 Å². The van der Waals surface area contributed by atoms with E-state index < -0.39 is 0 Å². The van der Waals surface area contributed by atoms with Gasteiger partial charge in [0.2, 0.25) is 0 Å². The fourth-order valence-electron chi connectivity index (χ4n) is 3.31. The Kier molecular flexibility index (Phi) is 5.95. The minimum absolute atomic E-state index is 0.210. The van der Waals surface area contributed by atoms with Crippen LogP contribution in [0.4, 0.5) is 5.69 Å². The van der Waals surface area contributed by atoms with Gasteiger partial charge in [0.05, 0.1) is 0 Å². The molecule has 1 aliphatic rings. The summed E-state index contributed by atoms with van der Waals surface area (Å²) in [6, 6.07) is 7.12. The van der Waals surface area contributed by atoms with Crippen molar-refractivity contribution >= 4 is 17.3 Å². The van der Waals surface area contributed by atoms with E-state index in [1.807, 2.05) is 6.07 Å². The number of benzene rings is 1. The molecule has 1 atom stereocenters. The first-order valence-corrected chi connectivity index (χ1v) is 8.65. The number of rotatable bonds is 5. The Morgan fingerprint density at radius 2 is 1.95 bits per heavy atom. The van der Waals surface area contributed by atoms with Crippen molar-refractivity contribution in [2.75, 3.05) is 11.9 Å². The van der Waals surface area contributed by atoms with Crippen molar-refractivity contribution in [1.82, 2.24) is 0 Å². The van der Waals surface area contributed by atoms with E-state index in [2.05, 4.69) is 37.9 Å². The van der Waals surface area contributed by atoms with Gasteiger partial charge >= 0.3 is 0 Å². The van der Waals surface area contributed by atoms with Crippen LogP contribution in [0.1, 0.15) is 51.5 Å². The lowest BCUT2D eigenvalue weighted by atomic mass is 9.86. The molecule has 1 unspecified atom stereocenters. The lowest BCUT2D eigenvalue weighted by Gasteiger charge is -2.36. The molecule has 3 heteroatoms. The van der Waals surface area contributed by atoms with E-state index in [0.29, 0.717) is 6.04 Å². The summed E-state index contributed by atoms with van der Waals surface area (Å²) in [4.78, 5) is 2.46. The minimum Gasteiger partial charge on any atom is -0.371 e. The van der Waals surface area contributed by atoms with E-state index >= 15 is 0 Å². The number of nitrogens with two attached hydrogens (primary N) is 1. The maximum absolute atomic E-state index is 6.19. The van der Waals surface area contributed by atoms with Crippen LogP contribution in [0.3, 0.4) is 0 Å². The quantitative estimate of drug-likeness (QED) is 0.859. The van der Waals surface area contributed by atoms with Crippen LogP contribution >= 0.6 is 11.6 Å². The van der Waals surface area contributed by atoms with E-state index in [0.717, 1.165) is 23.8 Å². The van der Waals surface area contributed by atoms with Gasteiger partial charge in [0.25, 0.3) is 0 Å². The van der Waals surface area contributed by atoms with E-state index in [9.17, 15) is 0 Å². The van der Waals surface area contributed by atoms with E-state index in [1.54, 1.807) is 0 Å². The standard InChI is InChI=1S/C18H29ClN2/c1-4-16(20)12-14-11-15(19)7-10-18(14)21(3)17-8-5-13(2)6-9-17/h7,10-11,13,16-17H,4-6,8-9,12,20H2,1-3H3. The largest absolute Gasteiger partial charge is 0.371 e. The maximum Gasteiger partial charge on any atom is 0.0410 e. The van der Waals surface area contributed by atoms with Gasteiger partial charge in [0.15, 0.2) is 0 Å². The van der Waals surface area contributed by atoms with Crippen LogP contribution in [0, 0.1) is 5.92 Å². The highest BCUT2D eigenvalue weighted by molar-refractivity contribution is 6.30. The fraction of sp³-hybridized carbons (Fsp3) is 0.667. The summed E-state index contributed by atoms with van der Waals surface area (Å²) in [6.45, 7) is 4.51. The van der Waals surface area contributed by atoms with E-state index in [1.165, 1.54) is 36.9 Å². The predicted octanol–water partition coefficient (Wildman–Crippen LogP) is 4.63. The molecule has 0 bridgehead atoms. The average Bonchev–Trinajstić information content (AvgIpc) is 2.47.